The Bertz CT molecular complexity index is 783. The SMILES string of the molecule is Cc1cccc2c(N)nc(-c3cc(Br)sc3Br)nc12. The first-order valence-electron chi connectivity index (χ1n) is 5.54. The lowest BCUT2D eigenvalue weighted by Crippen LogP contribution is -1.98. The second-order valence-electron chi connectivity index (χ2n) is 4.14. The van der Waals surface area contributed by atoms with E-state index in [1.807, 2.05) is 31.2 Å². The van der Waals surface area contributed by atoms with Gasteiger partial charge in [-0.1, -0.05) is 12.1 Å². The predicted molar refractivity (Wildman–Crippen MR) is 87.4 cm³/mol. The summed E-state index contributed by atoms with van der Waals surface area (Å²) >= 11 is 8.59. The van der Waals surface area contributed by atoms with Crippen molar-refractivity contribution in [3.63, 3.8) is 0 Å². The number of para-hydroxylation sites is 1. The molecule has 2 aromatic heterocycles. The Morgan fingerprint density at radius 2 is 2.00 bits per heavy atom. The van der Waals surface area contributed by atoms with Gasteiger partial charge in [0.25, 0.3) is 0 Å². The van der Waals surface area contributed by atoms with E-state index in [9.17, 15) is 0 Å². The van der Waals surface area contributed by atoms with Gasteiger partial charge in [-0.15, -0.1) is 11.3 Å². The van der Waals surface area contributed by atoms with Crippen LogP contribution in [0.3, 0.4) is 0 Å². The van der Waals surface area contributed by atoms with Crippen molar-refractivity contribution in [2.45, 2.75) is 6.92 Å². The number of thiophene rings is 1. The Kier molecular flexibility index (Phi) is 3.32. The fraction of sp³-hybridized carbons (Fsp3) is 0.0769. The minimum absolute atomic E-state index is 0.512. The molecule has 19 heavy (non-hydrogen) atoms. The molecule has 96 valence electrons. The van der Waals surface area contributed by atoms with Gasteiger partial charge in [-0.25, -0.2) is 9.97 Å². The second kappa shape index (κ2) is 4.85. The molecule has 0 aliphatic heterocycles. The van der Waals surface area contributed by atoms with E-state index in [0.29, 0.717) is 11.6 Å². The summed E-state index contributed by atoms with van der Waals surface area (Å²) in [4.78, 5) is 9.05. The van der Waals surface area contributed by atoms with Crippen molar-refractivity contribution in [2.24, 2.45) is 0 Å². The van der Waals surface area contributed by atoms with Crippen LogP contribution in [-0.4, -0.2) is 9.97 Å². The number of fused-ring (bicyclic) bond motifs is 1. The van der Waals surface area contributed by atoms with Crippen LogP contribution in [0.15, 0.2) is 31.8 Å². The summed E-state index contributed by atoms with van der Waals surface area (Å²) in [5.74, 6) is 1.16. The molecule has 0 amide bonds. The number of hydrogen-bond donors (Lipinski definition) is 1. The average Bonchev–Trinajstić information content (AvgIpc) is 2.70. The molecule has 0 bridgehead atoms. The van der Waals surface area contributed by atoms with Gasteiger partial charge in [-0.2, -0.15) is 0 Å². The molecule has 3 nitrogen and oxygen atoms in total. The van der Waals surface area contributed by atoms with E-state index in [1.165, 1.54) is 0 Å². The summed E-state index contributed by atoms with van der Waals surface area (Å²) in [5, 5.41) is 0.897. The van der Waals surface area contributed by atoms with Crippen LogP contribution in [0, 0.1) is 6.92 Å². The lowest BCUT2D eigenvalue weighted by Gasteiger charge is -2.06. The molecule has 0 radical (unpaired) electrons. The first kappa shape index (κ1) is 13.0. The number of nitrogens with two attached hydrogens (primary N) is 1. The minimum Gasteiger partial charge on any atom is -0.383 e. The van der Waals surface area contributed by atoms with Crippen LogP contribution < -0.4 is 5.73 Å². The van der Waals surface area contributed by atoms with E-state index in [1.54, 1.807) is 11.3 Å². The maximum absolute atomic E-state index is 6.05. The lowest BCUT2D eigenvalue weighted by atomic mass is 10.1. The van der Waals surface area contributed by atoms with Gasteiger partial charge in [0.2, 0.25) is 0 Å². The van der Waals surface area contributed by atoms with Crippen LogP contribution in [0.1, 0.15) is 5.56 Å². The van der Waals surface area contributed by atoms with Gasteiger partial charge < -0.3 is 5.73 Å². The van der Waals surface area contributed by atoms with Crippen molar-refractivity contribution in [3.8, 4) is 11.4 Å². The van der Waals surface area contributed by atoms with E-state index in [-0.39, 0.29) is 0 Å². The van der Waals surface area contributed by atoms with E-state index in [2.05, 4.69) is 41.8 Å². The normalized spacial score (nSPS) is 11.1. The maximum atomic E-state index is 6.05. The van der Waals surface area contributed by atoms with E-state index >= 15 is 0 Å². The molecule has 1 aromatic carbocycles. The zero-order valence-corrected chi connectivity index (χ0v) is 13.9. The highest BCUT2D eigenvalue weighted by atomic mass is 79.9. The molecular formula is C13H9Br2N3S. The molecule has 0 atom stereocenters. The summed E-state index contributed by atoms with van der Waals surface area (Å²) in [6.45, 7) is 2.02. The Hall–Kier alpha value is -0.980. The van der Waals surface area contributed by atoms with Crippen molar-refractivity contribution in [1.82, 2.24) is 9.97 Å². The van der Waals surface area contributed by atoms with E-state index in [0.717, 1.165) is 29.6 Å². The first-order chi connectivity index (χ1) is 9.06. The summed E-state index contributed by atoms with van der Waals surface area (Å²) in [6, 6.07) is 7.93. The van der Waals surface area contributed by atoms with Gasteiger partial charge in [-0.3, -0.25) is 0 Å². The van der Waals surface area contributed by atoms with Gasteiger partial charge in [-0.05, 0) is 56.5 Å². The topological polar surface area (TPSA) is 51.8 Å². The molecule has 0 aliphatic rings. The predicted octanol–water partition coefficient (Wildman–Crippen LogP) is 4.77. The molecule has 3 rings (SSSR count). The number of hydrogen-bond acceptors (Lipinski definition) is 4. The zero-order valence-electron chi connectivity index (χ0n) is 9.95. The van der Waals surface area contributed by atoms with Crippen molar-refractivity contribution in [2.75, 3.05) is 5.73 Å². The lowest BCUT2D eigenvalue weighted by molar-refractivity contribution is 1.22. The number of anilines is 1. The second-order valence-corrected chi connectivity index (χ2v) is 7.89. The van der Waals surface area contributed by atoms with Crippen molar-refractivity contribution in [3.05, 3.63) is 37.4 Å². The third kappa shape index (κ3) is 2.28. The molecule has 0 aliphatic carbocycles. The van der Waals surface area contributed by atoms with Crippen molar-refractivity contribution >= 4 is 59.9 Å². The van der Waals surface area contributed by atoms with Crippen LogP contribution in [0.25, 0.3) is 22.3 Å². The Balaban J connectivity index is 2.32. The molecule has 0 unspecified atom stereocenters. The van der Waals surface area contributed by atoms with E-state index in [4.69, 9.17) is 5.73 Å². The smallest absolute Gasteiger partial charge is 0.164 e. The molecule has 0 saturated carbocycles. The monoisotopic (exact) mass is 397 g/mol. The molecule has 2 heterocycles. The number of aromatic nitrogens is 2. The minimum atomic E-state index is 0.512. The largest absolute Gasteiger partial charge is 0.383 e. The fourth-order valence-corrected chi connectivity index (χ4v) is 4.72. The first-order valence-corrected chi connectivity index (χ1v) is 7.94. The van der Waals surface area contributed by atoms with Gasteiger partial charge in [0.15, 0.2) is 5.82 Å². The third-order valence-electron chi connectivity index (χ3n) is 2.86. The summed E-state index contributed by atoms with van der Waals surface area (Å²) in [6.07, 6.45) is 0. The highest BCUT2D eigenvalue weighted by Crippen LogP contribution is 2.38. The number of nitrogens with zero attached hydrogens (tertiary/aromatic N) is 2. The van der Waals surface area contributed by atoms with Crippen LogP contribution in [0.4, 0.5) is 5.82 Å². The Morgan fingerprint density at radius 1 is 1.21 bits per heavy atom. The molecular weight excluding hydrogens is 390 g/mol. The highest BCUT2D eigenvalue weighted by Gasteiger charge is 2.13. The number of nitrogen functional groups attached to an aromatic ring is 1. The quantitative estimate of drug-likeness (QED) is 0.641. The van der Waals surface area contributed by atoms with Crippen LogP contribution in [0.2, 0.25) is 0 Å². The molecule has 0 saturated heterocycles. The van der Waals surface area contributed by atoms with Gasteiger partial charge in [0.1, 0.15) is 5.82 Å². The maximum Gasteiger partial charge on any atom is 0.164 e. The number of halogens is 2. The average molecular weight is 399 g/mol. The van der Waals surface area contributed by atoms with E-state index < -0.39 is 0 Å². The summed E-state index contributed by atoms with van der Waals surface area (Å²) < 4.78 is 2.02. The van der Waals surface area contributed by atoms with Gasteiger partial charge >= 0.3 is 0 Å². The van der Waals surface area contributed by atoms with Gasteiger partial charge in [0.05, 0.1) is 13.1 Å². The number of benzene rings is 1. The molecule has 0 fully saturated rings. The Labute approximate surface area is 131 Å². The highest BCUT2D eigenvalue weighted by molar-refractivity contribution is 9.12. The molecule has 6 heteroatoms. The molecule has 0 spiro atoms. The fourth-order valence-electron chi connectivity index (χ4n) is 1.93. The molecule has 2 N–H and O–H groups in total. The van der Waals surface area contributed by atoms with Crippen molar-refractivity contribution in [1.29, 1.82) is 0 Å². The molecule has 3 aromatic rings. The van der Waals surface area contributed by atoms with Crippen LogP contribution in [-0.2, 0) is 0 Å². The summed E-state index contributed by atoms with van der Waals surface area (Å²) in [7, 11) is 0. The Morgan fingerprint density at radius 3 is 2.68 bits per heavy atom. The number of aryl methyl sites for hydroxylation is 1. The van der Waals surface area contributed by atoms with Crippen LogP contribution >= 0.6 is 43.2 Å². The van der Waals surface area contributed by atoms with Crippen molar-refractivity contribution < 1.29 is 0 Å². The van der Waals surface area contributed by atoms with Crippen LogP contribution in [0.5, 0.6) is 0 Å². The summed E-state index contributed by atoms with van der Waals surface area (Å²) in [5.41, 5.74) is 9.00. The van der Waals surface area contributed by atoms with Gasteiger partial charge in [0, 0.05) is 10.9 Å². The standard InChI is InChI=1S/C13H9Br2N3S/c1-6-3-2-4-7-10(6)17-13(18-12(7)16)8-5-9(14)19-11(8)15/h2-5H,1H3,(H2,16,17,18). The zero-order chi connectivity index (χ0) is 13.6. The number of rotatable bonds is 1. The third-order valence-corrected chi connectivity index (χ3v) is 5.19.